The van der Waals surface area contributed by atoms with E-state index in [0.29, 0.717) is 29.8 Å². The average molecular weight is 327 g/mol. The van der Waals surface area contributed by atoms with Gasteiger partial charge in [-0.05, 0) is 36.6 Å². The Morgan fingerprint density at radius 1 is 1.42 bits per heavy atom. The Bertz CT molecular complexity index is 743. The Morgan fingerprint density at radius 2 is 2.08 bits per heavy atom. The molecule has 4 N–H and O–H groups in total. The molecule has 1 amide bonds. The summed E-state index contributed by atoms with van der Waals surface area (Å²) in [5, 5.41) is 25.5. The lowest BCUT2D eigenvalue weighted by Crippen LogP contribution is -2.28. The minimum atomic E-state index is -0.426. The molecular weight excluding hydrogens is 306 g/mol. The topological polar surface area (TPSA) is 117 Å². The minimum Gasteiger partial charge on any atom is -0.393 e. The van der Waals surface area contributed by atoms with E-state index >= 15 is 0 Å². The zero-order valence-corrected chi connectivity index (χ0v) is 13.7. The van der Waals surface area contributed by atoms with Gasteiger partial charge in [0.25, 0.3) is 5.91 Å². The molecule has 1 aromatic heterocycles. The van der Waals surface area contributed by atoms with Crippen LogP contribution in [0.4, 0.5) is 5.82 Å². The van der Waals surface area contributed by atoms with Crippen molar-refractivity contribution >= 4 is 11.7 Å². The van der Waals surface area contributed by atoms with Crippen LogP contribution in [0.15, 0.2) is 30.5 Å². The highest BCUT2D eigenvalue weighted by molar-refractivity contribution is 5.94. The van der Waals surface area contributed by atoms with Gasteiger partial charge in [0.2, 0.25) is 0 Å². The van der Waals surface area contributed by atoms with Crippen molar-refractivity contribution in [3.05, 3.63) is 41.6 Å². The Balaban J connectivity index is 2.00. The van der Waals surface area contributed by atoms with Gasteiger partial charge in [-0.15, -0.1) is 0 Å². The van der Waals surface area contributed by atoms with Gasteiger partial charge in [-0.3, -0.25) is 4.79 Å². The SMILES string of the molecule is CC(C)C(O)CCNC(=O)c1ccc(-n2ncc(C#N)c2N)cc1. The highest BCUT2D eigenvalue weighted by atomic mass is 16.3. The number of aromatic nitrogens is 2. The maximum absolute atomic E-state index is 12.1. The van der Waals surface area contributed by atoms with Crippen molar-refractivity contribution in [3.8, 4) is 11.8 Å². The number of carbonyl (C=O) groups excluding carboxylic acids is 1. The van der Waals surface area contributed by atoms with Crippen molar-refractivity contribution < 1.29 is 9.90 Å². The van der Waals surface area contributed by atoms with Gasteiger partial charge in [0.1, 0.15) is 17.5 Å². The molecule has 1 atom stereocenters. The summed E-state index contributed by atoms with van der Waals surface area (Å²) in [4.78, 5) is 12.1. The van der Waals surface area contributed by atoms with E-state index in [2.05, 4.69) is 10.4 Å². The fourth-order valence-electron chi connectivity index (χ4n) is 2.17. The van der Waals surface area contributed by atoms with E-state index in [4.69, 9.17) is 11.0 Å². The zero-order valence-electron chi connectivity index (χ0n) is 13.7. The van der Waals surface area contributed by atoms with Crippen LogP contribution in [0.3, 0.4) is 0 Å². The molecule has 1 unspecified atom stereocenters. The minimum absolute atomic E-state index is 0.166. The lowest BCUT2D eigenvalue weighted by molar-refractivity contribution is 0.0920. The predicted molar refractivity (Wildman–Crippen MR) is 90.5 cm³/mol. The third-order valence-corrected chi connectivity index (χ3v) is 3.80. The third-order valence-electron chi connectivity index (χ3n) is 3.80. The smallest absolute Gasteiger partial charge is 0.251 e. The standard InChI is InChI=1S/C17H21N5O2/c1-11(2)15(23)7-8-20-17(24)12-3-5-14(6-4-12)22-16(19)13(9-18)10-21-22/h3-6,10-11,15,23H,7-8,19H2,1-2H3,(H,20,24). The van der Waals surface area contributed by atoms with E-state index in [1.807, 2.05) is 19.9 Å². The van der Waals surface area contributed by atoms with E-state index in [-0.39, 0.29) is 17.6 Å². The molecule has 7 nitrogen and oxygen atoms in total. The van der Waals surface area contributed by atoms with Crippen molar-refractivity contribution in [1.29, 1.82) is 5.26 Å². The van der Waals surface area contributed by atoms with Crippen LogP contribution in [0.5, 0.6) is 0 Å². The number of benzene rings is 1. The molecule has 0 saturated heterocycles. The van der Waals surface area contributed by atoms with Gasteiger partial charge in [-0.2, -0.15) is 10.4 Å². The van der Waals surface area contributed by atoms with Gasteiger partial charge in [0, 0.05) is 12.1 Å². The first-order chi connectivity index (χ1) is 11.4. The Kier molecular flexibility index (Phi) is 5.55. The summed E-state index contributed by atoms with van der Waals surface area (Å²) in [6, 6.07) is 8.71. The summed E-state index contributed by atoms with van der Waals surface area (Å²) in [7, 11) is 0. The number of rotatable bonds is 6. The molecule has 0 aliphatic rings. The number of nitrogens with one attached hydrogen (secondary N) is 1. The van der Waals surface area contributed by atoms with Gasteiger partial charge in [0.05, 0.1) is 18.0 Å². The normalized spacial score (nSPS) is 12.0. The summed E-state index contributed by atoms with van der Waals surface area (Å²) in [6.07, 6.45) is 1.49. The number of nitrogen functional groups attached to an aromatic ring is 1. The molecular formula is C17H21N5O2. The Hall–Kier alpha value is -2.85. The second kappa shape index (κ2) is 7.62. The second-order valence-corrected chi connectivity index (χ2v) is 5.87. The summed E-state index contributed by atoms with van der Waals surface area (Å²) in [5.41, 5.74) is 7.31. The summed E-state index contributed by atoms with van der Waals surface area (Å²) < 4.78 is 1.44. The maximum atomic E-state index is 12.1. The Morgan fingerprint density at radius 3 is 2.62 bits per heavy atom. The highest BCUT2D eigenvalue weighted by Crippen LogP contribution is 2.16. The molecule has 1 heterocycles. The van der Waals surface area contributed by atoms with Crippen LogP contribution in [0.2, 0.25) is 0 Å². The van der Waals surface area contributed by atoms with E-state index in [1.165, 1.54) is 10.9 Å². The van der Waals surface area contributed by atoms with Crippen LogP contribution in [0.25, 0.3) is 5.69 Å². The van der Waals surface area contributed by atoms with E-state index < -0.39 is 6.10 Å². The van der Waals surface area contributed by atoms with E-state index in [9.17, 15) is 9.90 Å². The molecule has 126 valence electrons. The van der Waals surface area contributed by atoms with Crippen molar-refractivity contribution in [3.63, 3.8) is 0 Å². The van der Waals surface area contributed by atoms with Crippen LogP contribution in [0.1, 0.15) is 36.2 Å². The first kappa shape index (κ1) is 17.5. The van der Waals surface area contributed by atoms with Crippen LogP contribution in [-0.2, 0) is 0 Å². The number of nitrogens with zero attached hydrogens (tertiary/aromatic N) is 3. The van der Waals surface area contributed by atoms with Crippen molar-refractivity contribution in [1.82, 2.24) is 15.1 Å². The summed E-state index contributed by atoms with van der Waals surface area (Å²) in [6.45, 7) is 4.28. The number of nitrogens with two attached hydrogens (primary N) is 1. The largest absolute Gasteiger partial charge is 0.393 e. The number of aliphatic hydroxyl groups excluding tert-OH is 1. The molecule has 2 rings (SSSR count). The van der Waals surface area contributed by atoms with Crippen molar-refractivity contribution in [2.45, 2.75) is 26.4 Å². The Labute approximate surface area is 140 Å². The first-order valence-electron chi connectivity index (χ1n) is 7.74. The number of anilines is 1. The van der Waals surface area contributed by atoms with Crippen molar-refractivity contribution in [2.24, 2.45) is 5.92 Å². The molecule has 24 heavy (non-hydrogen) atoms. The second-order valence-electron chi connectivity index (χ2n) is 5.87. The van der Waals surface area contributed by atoms with E-state index in [1.54, 1.807) is 24.3 Å². The number of amides is 1. The molecule has 0 aliphatic carbocycles. The first-order valence-corrected chi connectivity index (χ1v) is 7.74. The number of hydrogen-bond acceptors (Lipinski definition) is 5. The number of aliphatic hydroxyl groups is 1. The molecule has 0 bridgehead atoms. The number of nitriles is 1. The number of carbonyl (C=O) groups is 1. The summed E-state index contributed by atoms with van der Waals surface area (Å²) in [5.74, 6) is 0.222. The lowest BCUT2D eigenvalue weighted by atomic mass is 10.0. The highest BCUT2D eigenvalue weighted by Gasteiger charge is 2.12. The van der Waals surface area contributed by atoms with Crippen LogP contribution < -0.4 is 11.1 Å². The zero-order chi connectivity index (χ0) is 17.7. The quantitative estimate of drug-likeness (QED) is 0.742. The van der Waals surface area contributed by atoms with E-state index in [0.717, 1.165) is 0 Å². The average Bonchev–Trinajstić information content (AvgIpc) is 2.95. The molecule has 0 aliphatic heterocycles. The van der Waals surface area contributed by atoms with Crippen LogP contribution >= 0.6 is 0 Å². The number of hydrogen-bond donors (Lipinski definition) is 3. The van der Waals surface area contributed by atoms with Gasteiger partial charge >= 0.3 is 0 Å². The van der Waals surface area contributed by atoms with Crippen molar-refractivity contribution in [2.75, 3.05) is 12.3 Å². The van der Waals surface area contributed by atoms with Gasteiger partial charge in [-0.25, -0.2) is 4.68 Å². The fourth-order valence-corrected chi connectivity index (χ4v) is 2.17. The molecule has 0 saturated carbocycles. The van der Waals surface area contributed by atoms with Crippen LogP contribution in [0, 0.1) is 17.2 Å². The fraction of sp³-hybridized carbons (Fsp3) is 0.353. The van der Waals surface area contributed by atoms with Gasteiger partial charge in [0.15, 0.2) is 0 Å². The molecule has 0 spiro atoms. The predicted octanol–water partition coefficient (Wildman–Crippen LogP) is 1.46. The maximum Gasteiger partial charge on any atom is 0.251 e. The van der Waals surface area contributed by atoms with Crippen LogP contribution in [-0.4, -0.2) is 33.4 Å². The molecule has 0 fully saturated rings. The molecule has 1 aromatic carbocycles. The summed E-state index contributed by atoms with van der Waals surface area (Å²) >= 11 is 0. The molecule has 0 radical (unpaired) electrons. The molecule has 2 aromatic rings. The monoisotopic (exact) mass is 327 g/mol. The molecule has 7 heteroatoms. The lowest BCUT2D eigenvalue weighted by Gasteiger charge is -2.14. The van der Waals surface area contributed by atoms with Gasteiger partial charge in [-0.1, -0.05) is 13.8 Å². The third kappa shape index (κ3) is 3.91. The van der Waals surface area contributed by atoms with Gasteiger partial charge < -0.3 is 16.2 Å².